The Morgan fingerprint density at radius 1 is 1.10 bits per heavy atom. The predicted molar refractivity (Wildman–Crippen MR) is 68.0 cm³/mol. The lowest BCUT2D eigenvalue weighted by Gasteiger charge is -2.10. The van der Waals surface area contributed by atoms with Crippen LogP contribution in [0, 0.1) is 25.6 Å². The Labute approximate surface area is 112 Å². The van der Waals surface area contributed by atoms with E-state index in [2.05, 4.69) is 10.1 Å². The maximum absolute atomic E-state index is 14.1. The maximum atomic E-state index is 14.1. The summed E-state index contributed by atoms with van der Waals surface area (Å²) in [7, 11) is 0. The van der Waals surface area contributed by atoms with E-state index in [1.54, 1.807) is 13.8 Å². The number of benzene rings is 1. The summed E-state index contributed by atoms with van der Waals surface area (Å²) in [5.41, 5.74) is 0.899. The first-order valence-corrected chi connectivity index (χ1v) is 5.87. The van der Waals surface area contributed by atoms with Crippen molar-refractivity contribution in [3.63, 3.8) is 0 Å². The SMILES string of the molecule is Cc1cc(F)c(-n2c(=O)cc(F)n3ncnc23)cc1C. The van der Waals surface area contributed by atoms with E-state index in [9.17, 15) is 13.6 Å². The summed E-state index contributed by atoms with van der Waals surface area (Å²) in [6, 6.07) is 3.60. The van der Waals surface area contributed by atoms with Gasteiger partial charge in [0.15, 0.2) is 0 Å². The third kappa shape index (κ3) is 1.70. The third-order valence-electron chi connectivity index (χ3n) is 3.20. The molecule has 5 nitrogen and oxygen atoms in total. The fourth-order valence-corrected chi connectivity index (χ4v) is 2.03. The van der Waals surface area contributed by atoms with Crippen molar-refractivity contribution in [2.24, 2.45) is 0 Å². The normalized spacial score (nSPS) is 11.2. The van der Waals surface area contributed by atoms with Crippen LogP contribution in [0.1, 0.15) is 11.1 Å². The van der Waals surface area contributed by atoms with Crippen LogP contribution in [0.3, 0.4) is 0 Å². The summed E-state index contributed by atoms with van der Waals surface area (Å²) in [5.74, 6) is -1.49. The van der Waals surface area contributed by atoms with Gasteiger partial charge >= 0.3 is 0 Å². The number of nitrogens with zero attached hydrogens (tertiary/aromatic N) is 4. The molecule has 3 rings (SSSR count). The second-order valence-corrected chi connectivity index (χ2v) is 4.50. The van der Waals surface area contributed by atoms with Crippen LogP contribution >= 0.6 is 0 Å². The van der Waals surface area contributed by atoms with Crippen molar-refractivity contribution in [1.82, 2.24) is 19.2 Å². The second-order valence-electron chi connectivity index (χ2n) is 4.50. The molecule has 102 valence electrons. The standard InChI is InChI=1S/C13H10F2N4O/c1-7-3-9(14)10(4-8(7)2)18-12(20)5-11(15)19-13(18)16-6-17-19/h3-6H,1-2H3. The molecule has 0 fully saturated rings. The number of rotatable bonds is 1. The minimum absolute atomic E-state index is 0.0242. The van der Waals surface area contributed by atoms with E-state index < -0.39 is 17.3 Å². The van der Waals surface area contributed by atoms with Crippen LogP contribution < -0.4 is 5.56 Å². The van der Waals surface area contributed by atoms with Crippen LogP contribution in [0.25, 0.3) is 11.5 Å². The molecule has 2 heterocycles. The van der Waals surface area contributed by atoms with Gasteiger partial charge in [-0.3, -0.25) is 4.79 Å². The second kappa shape index (κ2) is 4.22. The predicted octanol–water partition coefficient (Wildman–Crippen LogP) is 1.78. The van der Waals surface area contributed by atoms with E-state index in [0.29, 0.717) is 0 Å². The van der Waals surface area contributed by atoms with Gasteiger partial charge in [0, 0.05) is 0 Å². The Balaban J connectivity index is 2.44. The average Bonchev–Trinajstić information content (AvgIpc) is 2.84. The summed E-state index contributed by atoms with van der Waals surface area (Å²) in [6.07, 6.45) is 1.10. The molecule has 0 unspecified atom stereocenters. The largest absolute Gasteiger partial charge is 0.269 e. The maximum Gasteiger partial charge on any atom is 0.262 e. The van der Waals surface area contributed by atoms with Crippen LogP contribution in [-0.2, 0) is 0 Å². The number of hydrogen-bond donors (Lipinski definition) is 0. The molecular formula is C13H10F2N4O. The lowest BCUT2D eigenvalue weighted by Crippen LogP contribution is -2.23. The quantitative estimate of drug-likeness (QED) is 0.637. The highest BCUT2D eigenvalue weighted by Gasteiger charge is 2.16. The lowest BCUT2D eigenvalue weighted by atomic mass is 10.1. The molecule has 0 bridgehead atoms. The van der Waals surface area contributed by atoms with Gasteiger partial charge in [-0.2, -0.15) is 19.0 Å². The first-order valence-electron chi connectivity index (χ1n) is 5.87. The summed E-state index contributed by atoms with van der Waals surface area (Å²) in [4.78, 5) is 15.8. The Hall–Kier alpha value is -2.57. The highest BCUT2D eigenvalue weighted by atomic mass is 19.1. The summed E-state index contributed by atoms with van der Waals surface area (Å²) in [6.45, 7) is 3.57. The van der Waals surface area contributed by atoms with Crippen molar-refractivity contribution in [3.05, 3.63) is 57.8 Å². The first-order chi connectivity index (χ1) is 9.49. The van der Waals surface area contributed by atoms with E-state index in [-0.39, 0.29) is 11.5 Å². The molecule has 0 spiro atoms. The van der Waals surface area contributed by atoms with Gasteiger partial charge in [0.1, 0.15) is 12.1 Å². The first kappa shape index (κ1) is 12.5. The van der Waals surface area contributed by atoms with Crippen molar-refractivity contribution in [1.29, 1.82) is 0 Å². The molecule has 1 aromatic carbocycles. The number of halogens is 2. The molecule has 0 aliphatic rings. The zero-order valence-electron chi connectivity index (χ0n) is 10.8. The number of fused-ring (bicyclic) bond motifs is 1. The molecule has 7 heteroatoms. The zero-order valence-corrected chi connectivity index (χ0v) is 10.8. The van der Waals surface area contributed by atoms with Crippen LogP contribution in [0.2, 0.25) is 0 Å². The molecule has 0 aliphatic heterocycles. The van der Waals surface area contributed by atoms with E-state index in [4.69, 9.17) is 0 Å². The van der Waals surface area contributed by atoms with Gasteiger partial charge in [-0.25, -0.2) is 8.96 Å². The molecule has 2 aromatic heterocycles. The van der Waals surface area contributed by atoms with E-state index in [0.717, 1.165) is 32.6 Å². The van der Waals surface area contributed by atoms with Crippen LogP contribution in [0.5, 0.6) is 0 Å². The van der Waals surface area contributed by atoms with Crippen LogP contribution in [0.15, 0.2) is 29.3 Å². The number of aryl methyl sites for hydroxylation is 2. The van der Waals surface area contributed by atoms with Crippen molar-refractivity contribution in [2.45, 2.75) is 13.8 Å². The number of aromatic nitrogens is 4. The monoisotopic (exact) mass is 276 g/mol. The van der Waals surface area contributed by atoms with Gasteiger partial charge in [0.05, 0.1) is 11.8 Å². The minimum Gasteiger partial charge on any atom is -0.269 e. The summed E-state index contributed by atoms with van der Waals surface area (Å²) >= 11 is 0. The van der Waals surface area contributed by atoms with Gasteiger partial charge in [-0.05, 0) is 37.1 Å². The topological polar surface area (TPSA) is 52.2 Å². The fourth-order valence-electron chi connectivity index (χ4n) is 2.03. The molecule has 0 N–H and O–H groups in total. The van der Waals surface area contributed by atoms with Gasteiger partial charge in [-0.1, -0.05) is 0 Å². The van der Waals surface area contributed by atoms with Crippen molar-refractivity contribution >= 4 is 5.78 Å². The van der Waals surface area contributed by atoms with Crippen molar-refractivity contribution in [3.8, 4) is 5.69 Å². The zero-order chi connectivity index (χ0) is 14.4. The fraction of sp³-hybridized carbons (Fsp3) is 0.154. The highest BCUT2D eigenvalue weighted by Crippen LogP contribution is 2.18. The Morgan fingerprint density at radius 3 is 2.55 bits per heavy atom. The molecule has 0 saturated heterocycles. The molecule has 0 atom stereocenters. The molecule has 0 aliphatic carbocycles. The van der Waals surface area contributed by atoms with E-state index >= 15 is 0 Å². The average molecular weight is 276 g/mol. The molecule has 0 radical (unpaired) electrons. The molecule has 20 heavy (non-hydrogen) atoms. The smallest absolute Gasteiger partial charge is 0.262 e. The van der Waals surface area contributed by atoms with Crippen LogP contribution in [-0.4, -0.2) is 19.2 Å². The van der Waals surface area contributed by atoms with E-state index in [1.165, 1.54) is 12.1 Å². The van der Waals surface area contributed by atoms with Crippen molar-refractivity contribution < 1.29 is 8.78 Å². The summed E-state index contributed by atoms with van der Waals surface area (Å²) < 4.78 is 29.5. The van der Waals surface area contributed by atoms with Gasteiger partial charge < -0.3 is 0 Å². The van der Waals surface area contributed by atoms with Gasteiger partial charge in [-0.15, -0.1) is 0 Å². The Morgan fingerprint density at radius 2 is 1.80 bits per heavy atom. The lowest BCUT2D eigenvalue weighted by molar-refractivity contribution is 0.532. The third-order valence-corrected chi connectivity index (χ3v) is 3.20. The summed E-state index contributed by atoms with van der Waals surface area (Å²) in [5, 5.41) is 3.66. The Bertz CT molecular complexity index is 882. The minimum atomic E-state index is -0.844. The van der Waals surface area contributed by atoms with Gasteiger partial charge in [0.25, 0.3) is 5.56 Å². The highest BCUT2D eigenvalue weighted by molar-refractivity contribution is 5.47. The molecule has 3 aromatic rings. The van der Waals surface area contributed by atoms with Crippen molar-refractivity contribution in [2.75, 3.05) is 0 Å². The Kier molecular flexibility index (Phi) is 2.63. The van der Waals surface area contributed by atoms with Crippen LogP contribution in [0.4, 0.5) is 8.78 Å². The molecule has 0 amide bonds. The number of hydrogen-bond acceptors (Lipinski definition) is 3. The van der Waals surface area contributed by atoms with Gasteiger partial charge in [0.2, 0.25) is 11.7 Å². The van der Waals surface area contributed by atoms with E-state index in [1.807, 2.05) is 0 Å². The molecular weight excluding hydrogens is 266 g/mol. The molecule has 0 saturated carbocycles.